The lowest BCUT2D eigenvalue weighted by molar-refractivity contribution is -0.142. The highest BCUT2D eigenvalue weighted by atomic mass is 127. The van der Waals surface area contributed by atoms with Gasteiger partial charge in [-0.05, 0) is 59.2 Å². The van der Waals surface area contributed by atoms with E-state index in [0.29, 0.717) is 12.2 Å². The van der Waals surface area contributed by atoms with Gasteiger partial charge < -0.3 is 4.74 Å². The standard InChI is InChI=1S/C13H14INO2/c1-3-9-6-12(14)10(5-11(9)8-15)7-13(16)17-4-2/h5-6H,3-4,7H2,1-2H3. The lowest BCUT2D eigenvalue weighted by Crippen LogP contribution is -2.09. The van der Waals surface area contributed by atoms with Crippen molar-refractivity contribution in [3.63, 3.8) is 0 Å². The molecule has 0 atom stereocenters. The first-order chi connectivity index (χ1) is 8.12. The summed E-state index contributed by atoms with van der Waals surface area (Å²) in [4.78, 5) is 11.4. The van der Waals surface area contributed by atoms with Crippen LogP contribution in [0.15, 0.2) is 12.1 Å². The molecule has 0 unspecified atom stereocenters. The van der Waals surface area contributed by atoms with Crippen molar-refractivity contribution in [2.24, 2.45) is 0 Å². The second-order valence-corrected chi connectivity index (χ2v) is 4.71. The van der Waals surface area contributed by atoms with Crippen LogP contribution in [0.4, 0.5) is 0 Å². The van der Waals surface area contributed by atoms with Crippen LogP contribution in [0.2, 0.25) is 0 Å². The number of halogens is 1. The van der Waals surface area contributed by atoms with Crippen molar-refractivity contribution in [2.75, 3.05) is 6.61 Å². The van der Waals surface area contributed by atoms with E-state index < -0.39 is 0 Å². The quantitative estimate of drug-likeness (QED) is 0.624. The third-order valence-corrected chi connectivity index (χ3v) is 3.42. The molecule has 4 heteroatoms. The van der Waals surface area contributed by atoms with Gasteiger partial charge in [0.2, 0.25) is 0 Å². The maximum Gasteiger partial charge on any atom is 0.310 e. The summed E-state index contributed by atoms with van der Waals surface area (Å²) in [6, 6.07) is 5.92. The Kier molecular flexibility index (Phi) is 5.42. The van der Waals surface area contributed by atoms with E-state index in [1.165, 1.54) is 0 Å². The van der Waals surface area contributed by atoms with Crippen LogP contribution in [-0.4, -0.2) is 12.6 Å². The summed E-state index contributed by atoms with van der Waals surface area (Å²) in [6.45, 7) is 4.18. The van der Waals surface area contributed by atoms with Gasteiger partial charge in [-0.1, -0.05) is 6.92 Å². The highest BCUT2D eigenvalue weighted by Gasteiger charge is 2.11. The third kappa shape index (κ3) is 3.70. The molecular formula is C13H14INO2. The summed E-state index contributed by atoms with van der Waals surface area (Å²) in [5.41, 5.74) is 2.52. The molecule has 0 amide bonds. The van der Waals surface area contributed by atoms with Gasteiger partial charge >= 0.3 is 5.97 Å². The Bertz CT molecular complexity index is 463. The van der Waals surface area contributed by atoms with E-state index in [1.807, 2.05) is 13.0 Å². The van der Waals surface area contributed by atoms with Crippen LogP contribution in [-0.2, 0) is 22.4 Å². The van der Waals surface area contributed by atoms with Crippen molar-refractivity contribution in [1.29, 1.82) is 5.26 Å². The molecule has 0 fully saturated rings. The first-order valence-electron chi connectivity index (χ1n) is 5.49. The van der Waals surface area contributed by atoms with Crippen LogP contribution in [0.5, 0.6) is 0 Å². The van der Waals surface area contributed by atoms with Crippen molar-refractivity contribution < 1.29 is 9.53 Å². The molecule has 0 spiro atoms. The van der Waals surface area contributed by atoms with Crippen LogP contribution in [0.3, 0.4) is 0 Å². The molecule has 0 radical (unpaired) electrons. The van der Waals surface area contributed by atoms with Gasteiger partial charge in [-0.2, -0.15) is 5.26 Å². The average molecular weight is 343 g/mol. The molecule has 0 aromatic heterocycles. The third-order valence-electron chi connectivity index (χ3n) is 2.41. The van der Waals surface area contributed by atoms with E-state index in [1.54, 1.807) is 13.0 Å². The lowest BCUT2D eigenvalue weighted by Gasteiger charge is -2.08. The van der Waals surface area contributed by atoms with Gasteiger partial charge in [0.15, 0.2) is 0 Å². The van der Waals surface area contributed by atoms with Crippen LogP contribution in [0.1, 0.15) is 30.5 Å². The second-order valence-electron chi connectivity index (χ2n) is 3.55. The zero-order chi connectivity index (χ0) is 12.8. The SMILES string of the molecule is CCOC(=O)Cc1cc(C#N)c(CC)cc1I. The molecule has 17 heavy (non-hydrogen) atoms. The molecule has 90 valence electrons. The Morgan fingerprint density at radius 1 is 1.41 bits per heavy atom. The summed E-state index contributed by atoms with van der Waals surface area (Å²) in [7, 11) is 0. The number of nitriles is 1. The van der Waals surface area contributed by atoms with Gasteiger partial charge in [-0.25, -0.2) is 0 Å². The molecule has 0 aliphatic heterocycles. The van der Waals surface area contributed by atoms with Crippen LogP contribution < -0.4 is 0 Å². The normalized spacial score (nSPS) is 9.76. The largest absolute Gasteiger partial charge is 0.466 e. The Labute approximate surface area is 115 Å². The number of carbonyl (C=O) groups excluding carboxylic acids is 1. The minimum Gasteiger partial charge on any atom is -0.466 e. The number of hydrogen-bond donors (Lipinski definition) is 0. The van der Waals surface area contributed by atoms with Crippen molar-refractivity contribution in [1.82, 2.24) is 0 Å². The lowest BCUT2D eigenvalue weighted by atomic mass is 10.0. The zero-order valence-corrected chi connectivity index (χ0v) is 12.1. The molecule has 0 aliphatic rings. The molecule has 0 N–H and O–H groups in total. The van der Waals surface area contributed by atoms with E-state index >= 15 is 0 Å². The fraction of sp³-hybridized carbons (Fsp3) is 0.385. The molecule has 3 nitrogen and oxygen atoms in total. The number of esters is 1. The van der Waals surface area contributed by atoms with Gasteiger partial charge in [0, 0.05) is 3.57 Å². The molecule has 0 saturated heterocycles. The van der Waals surface area contributed by atoms with E-state index in [9.17, 15) is 4.79 Å². The van der Waals surface area contributed by atoms with Crippen molar-refractivity contribution >= 4 is 28.6 Å². The molecule has 1 rings (SSSR count). The molecule has 0 bridgehead atoms. The van der Waals surface area contributed by atoms with Crippen molar-refractivity contribution in [3.8, 4) is 6.07 Å². The van der Waals surface area contributed by atoms with Gasteiger partial charge in [0.1, 0.15) is 0 Å². The van der Waals surface area contributed by atoms with Crippen LogP contribution >= 0.6 is 22.6 Å². The monoisotopic (exact) mass is 343 g/mol. The Balaban J connectivity index is 3.01. The molecule has 1 aromatic rings. The van der Waals surface area contributed by atoms with E-state index in [0.717, 1.165) is 21.1 Å². The predicted molar refractivity (Wildman–Crippen MR) is 73.6 cm³/mol. The number of nitrogens with zero attached hydrogens (tertiary/aromatic N) is 1. The Morgan fingerprint density at radius 2 is 2.12 bits per heavy atom. The first kappa shape index (κ1) is 14.0. The molecule has 0 aliphatic carbocycles. The summed E-state index contributed by atoms with van der Waals surface area (Å²) in [6.07, 6.45) is 1.05. The molecular weight excluding hydrogens is 329 g/mol. The van der Waals surface area contributed by atoms with Crippen LogP contribution in [0.25, 0.3) is 0 Å². The van der Waals surface area contributed by atoms with Gasteiger partial charge in [-0.3, -0.25) is 4.79 Å². The molecule has 0 heterocycles. The number of rotatable bonds is 4. The fourth-order valence-corrected chi connectivity index (χ4v) is 2.28. The minimum atomic E-state index is -0.251. The Morgan fingerprint density at radius 3 is 2.65 bits per heavy atom. The van der Waals surface area contributed by atoms with E-state index in [-0.39, 0.29) is 12.4 Å². The summed E-state index contributed by atoms with van der Waals surface area (Å²) < 4.78 is 5.91. The number of aryl methyl sites for hydroxylation is 1. The number of carbonyl (C=O) groups is 1. The number of hydrogen-bond acceptors (Lipinski definition) is 3. The molecule has 0 saturated carbocycles. The highest BCUT2D eigenvalue weighted by molar-refractivity contribution is 14.1. The van der Waals surface area contributed by atoms with Crippen molar-refractivity contribution in [3.05, 3.63) is 32.4 Å². The van der Waals surface area contributed by atoms with Crippen molar-refractivity contribution in [2.45, 2.75) is 26.7 Å². The topological polar surface area (TPSA) is 50.1 Å². The van der Waals surface area contributed by atoms with Gasteiger partial charge in [-0.15, -0.1) is 0 Å². The fourth-order valence-electron chi connectivity index (χ4n) is 1.56. The van der Waals surface area contributed by atoms with Crippen LogP contribution in [0, 0.1) is 14.9 Å². The Hall–Kier alpha value is -1.09. The van der Waals surface area contributed by atoms with E-state index in [2.05, 4.69) is 28.7 Å². The molecule has 1 aromatic carbocycles. The number of benzene rings is 1. The second kappa shape index (κ2) is 6.60. The minimum absolute atomic E-state index is 0.227. The predicted octanol–water partition coefficient (Wildman–Crippen LogP) is 2.83. The average Bonchev–Trinajstić information content (AvgIpc) is 2.31. The summed E-state index contributed by atoms with van der Waals surface area (Å²) in [5, 5.41) is 9.03. The number of ether oxygens (including phenoxy) is 1. The highest BCUT2D eigenvalue weighted by Crippen LogP contribution is 2.20. The van der Waals surface area contributed by atoms with E-state index in [4.69, 9.17) is 10.00 Å². The maximum atomic E-state index is 11.4. The van der Waals surface area contributed by atoms with Gasteiger partial charge in [0.25, 0.3) is 0 Å². The maximum absolute atomic E-state index is 11.4. The summed E-state index contributed by atoms with van der Waals surface area (Å²) >= 11 is 2.19. The van der Waals surface area contributed by atoms with Gasteiger partial charge in [0.05, 0.1) is 24.7 Å². The smallest absolute Gasteiger partial charge is 0.310 e. The first-order valence-corrected chi connectivity index (χ1v) is 6.57. The summed E-state index contributed by atoms with van der Waals surface area (Å²) in [5.74, 6) is -0.251. The zero-order valence-electron chi connectivity index (χ0n) is 9.92.